The van der Waals surface area contributed by atoms with Gasteiger partial charge in [0.05, 0.1) is 17.1 Å². The van der Waals surface area contributed by atoms with Crippen LogP contribution in [-0.2, 0) is 16.0 Å². The van der Waals surface area contributed by atoms with E-state index in [4.69, 9.17) is 0 Å². The average molecular weight is 335 g/mol. The number of hydrogen-bond donors (Lipinski definition) is 1. The zero-order valence-electron chi connectivity index (χ0n) is 13.5. The molecule has 0 aromatic carbocycles. The van der Waals surface area contributed by atoms with Crippen molar-refractivity contribution in [1.82, 2.24) is 9.88 Å². The Hall–Kier alpha value is -1.76. The molecule has 3 rings (SSSR count). The van der Waals surface area contributed by atoms with E-state index in [1.807, 2.05) is 13.8 Å². The summed E-state index contributed by atoms with van der Waals surface area (Å²) < 4.78 is 0. The van der Waals surface area contributed by atoms with Gasteiger partial charge < -0.3 is 10.2 Å². The first-order chi connectivity index (χ1) is 10.8. The number of fused-ring (bicyclic) bond motifs is 1. The zero-order valence-corrected chi connectivity index (χ0v) is 14.3. The highest BCUT2D eigenvalue weighted by Crippen LogP contribution is 2.38. The Labute approximate surface area is 139 Å². The molecule has 23 heavy (non-hydrogen) atoms. The third-order valence-electron chi connectivity index (χ3n) is 4.24. The van der Waals surface area contributed by atoms with Crippen molar-refractivity contribution in [2.45, 2.75) is 46.0 Å². The van der Waals surface area contributed by atoms with Gasteiger partial charge in [-0.3, -0.25) is 14.4 Å². The van der Waals surface area contributed by atoms with Gasteiger partial charge in [0.2, 0.25) is 11.8 Å². The van der Waals surface area contributed by atoms with Crippen LogP contribution in [-0.4, -0.2) is 40.6 Å². The van der Waals surface area contributed by atoms with Crippen LogP contribution in [0.3, 0.4) is 0 Å². The smallest absolute Gasteiger partial charge is 0.245 e. The fourth-order valence-electron chi connectivity index (χ4n) is 3.13. The number of aromatic nitrogens is 1. The second-order valence-electron chi connectivity index (χ2n) is 7.06. The maximum absolute atomic E-state index is 12.2. The van der Waals surface area contributed by atoms with E-state index < -0.39 is 0 Å². The summed E-state index contributed by atoms with van der Waals surface area (Å²) in [7, 11) is 0. The van der Waals surface area contributed by atoms with Crippen LogP contribution in [0.4, 0.5) is 5.13 Å². The number of rotatable bonds is 3. The molecule has 0 atom stereocenters. The van der Waals surface area contributed by atoms with E-state index in [9.17, 15) is 14.4 Å². The predicted molar refractivity (Wildman–Crippen MR) is 87.6 cm³/mol. The number of carbonyl (C=O) groups is 3. The lowest BCUT2D eigenvalue weighted by molar-refractivity contribution is -0.136. The third kappa shape index (κ3) is 3.60. The van der Waals surface area contributed by atoms with Crippen molar-refractivity contribution in [3.8, 4) is 0 Å². The highest BCUT2D eigenvalue weighted by atomic mass is 32.1. The van der Waals surface area contributed by atoms with Crippen LogP contribution in [0.25, 0.3) is 0 Å². The van der Waals surface area contributed by atoms with Crippen molar-refractivity contribution >= 4 is 34.1 Å². The van der Waals surface area contributed by atoms with Gasteiger partial charge in [-0.2, -0.15) is 0 Å². The summed E-state index contributed by atoms with van der Waals surface area (Å²) in [5, 5.41) is 3.19. The number of nitrogens with zero attached hydrogens (tertiary/aromatic N) is 2. The van der Waals surface area contributed by atoms with Gasteiger partial charge in [-0.15, -0.1) is 0 Å². The Bertz CT molecular complexity index is 666. The molecule has 0 unspecified atom stereocenters. The van der Waals surface area contributed by atoms with E-state index in [2.05, 4.69) is 10.3 Å². The molecule has 1 fully saturated rings. The third-order valence-corrected chi connectivity index (χ3v) is 5.29. The summed E-state index contributed by atoms with van der Waals surface area (Å²) >= 11 is 1.24. The molecule has 1 aromatic heterocycles. The molecule has 1 saturated heterocycles. The van der Waals surface area contributed by atoms with Gasteiger partial charge >= 0.3 is 0 Å². The molecule has 1 aliphatic heterocycles. The second kappa shape index (κ2) is 6.03. The molecule has 0 radical (unpaired) electrons. The molecular weight excluding hydrogens is 314 g/mol. The van der Waals surface area contributed by atoms with Crippen LogP contribution in [0.15, 0.2) is 0 Å². The van der Waals surface area contributed by atoms with E-state index in [0.29, 0.717) is 29.4 Å². The number of thiazole rings is 1. The van der Waals surface area contributed by atoms with E-state index in [0.717, 1.165) is 25.0 Å². The first-order valence-electron chi connectivity index (χ1n) is 7.95. The Kier molecular flexibility index (Phi) is 4.23. The number of ketones is 1. The number of likely N-dealkylation sites (tertiary alicyclic amines) is 1. The standard InChI is InChI=1S/C16H21N3O3S/c1-16(2)7-10-14(11(20)8-16)23-15(17-10)18-12(21)9-19-6-4-3-5-13(19)22/h3-9H2,1-2H3,(H,17,18,21). The van der Waals surface area contributed by atoms with Gasteiger partial charge in [0.15, 0.2) is 10.9 Å². The number of carbonyl (C=O) groups excluding carboxylic acids is 3. The predicted octanol–water partition coefficient (Wildman–Crippen LogP) is 2.25. The first-order valence-corrected chi connectivity index (χ1v) is 8.76. The summed E-state index contributed by atoms with van der Waals surface area (Å²) in [5.41, 5.74) is 0.695. The van der Waals surface area contributed by atoms with Crippen molar-refractivity contribution in [1.29, 1.82) is 0 Å². The monoisotopic (exact) mass is 335 g/mol. The molecule has 0 spiro atoms. The van der Waals surface area contributed by atoms with Crippen molar-refractivity contribution < 1.29 is 14.4 Å². The number of piperidine rings is 1. The largest absolute Gasteiger partial charge is 0.333 e. The zero-order chi connectivity index (χ0) is 16.6. The van der Waals surface area contributed by atoms with Crippen molar-refractivity contribution in [3.63, 3.8) is 0 Å². The fourth-order valence-corrected chi connectivity index (χ4v) is 4.07. The summed E-state index contributed by atoms with van der Waals surface area (Å²) in [4.78, 5) is 42.7. The molecule has 1 N–H and O–H groups in total. The molecule has 1 aromatic rings. The van der Waals surface area contributed by atoms with Crippen molar-refractivity contribution in [3.05, 3.63) is 10.6 Å². The number of anilines is 1. The summed E-state index contributed by atoms with van der Waals surface area (Å²) in [6.07, 6.45) is 3.60. The summed E-state index contributed by atoms with van der Waals surface area (Å²) in [5.74, 6) is -0.125. The lowest BCUT2D eigenvalue weighted by Crippen LogP contribution is -2.40. The molecule has 124 valence electrons. The SMILES string of the molecule is CC1(C)CC(=O)c2sc(NC(=O)CN3CCCCC3=O)nc2C1. The molecule has 2 amide bonds. The van der Waals surface area contributed by atoms with Crippen LogP contribution < -0.4 is 5.32 Å². The van der Waals surface area contributed by atoms with Crippen LogP contribution in [0.5, 0.6) is 0 Å². The van der Waals surface area contributed by atoms with Crippen molar-refractivity contribution in [2.75, 3.05) is 18.4 Å². The fraction of sp³-hybridized carbons (Fsp3) is 0.625. The number of hydrogen-bond acceptors (Lipinski definition) is 5. The Balaban J connectivity index is 1.66. The van der Waals surface area contributed by atoms with E-state index in [1.165, 1.54) is 11.3 Å². The Morgan fingerprint density at radius 3 is 2.83 bits per heavy atom. The van der Waals surface area contributed by atoms with E-state index in [1.54, 1.807) is 4.90 Å². The van der Waals surface area contributed by atoms with Gasteiger partial charge in [0, 0.05) is 19.4 Å². The molecular formula is C16H21N3O3S. The van der Waals surface area contributed by atoms with Gasteiger partial charge in [-0.25, -0.2) is 4.98 Å². The maximum Gasteiger partial charge on any atom is 0.245 e. The maximum atomic E-state index is 12.2. The first kappa shape index (κ1) is 16.1. The molecule has 2 heterocycles. The Morgan fingerprint density at radius 1 is 1.30 bits per heavy atom. The summed E-state index contributed by atoms with van der Waals surface area (Å²) in [6.45, 7) is 4.79. The molecule has 0 bridgehead atoms. The lowest BCUT2D eigenvalue weighted by atomic mass is 9.78. The lowest BCUT2D eigenvalue weighted by Gasteiger charge is -2.26. The highest BCUT2D eigenvalue weighted by molar-refractivity contribution is 7.17. The normalized spacial score (nSPS) is 20.3. The van der Waals surface area contributed by atoms with E-state index in [-0.39, 0.29) is 29.6 Å². The number of Topliss-reactive ketones (excluding diaryl/α,β-unsaturated/α-hetero) is 1. The van der Waals surface area contributed by atoms with Gasteiger partial charge in [0.1, 0.15) is 0 Å². The minimum atomic E-state index is -0.252. The molecule has 7 heteroatoms. The van der Waals surface area contributed by atoms with Crippen LogP contribution >= 0.6 is 11.3 Å². The number of nitrogens with one attached hydrogen (secondary N) is 1. The minimum absolute atomic E-state index is 0.0294. The highest BCUT2D eigenvalue weighted by Gasteiger charge is 2.34. The second-order valence-corrected chi connectivity index (χ2v) is 8.06. The Morgan fingerprint density at radius 2 is 2.09 bits per heavy atom. The van der Waals surface area contributed by atoms with Gasteiger partial charge in [-0.1, -0.05) is 25.2 Å². The van der Waals surface area contributed by atoms with Gasteiger partial charge in [0.25, 0.3) is 0 Å². The topological polar surface area (TPSA) is 79.4 Å². The van der Waals surface area contributed by atoms with Crippen LogP contribution in [0.1, 0.15) is 54.9 Å². The molecule has 2 aliphatic rings. The molecule has 6 nitrogen and oxygen atoms in total. The quantitative estimate of drug-likeness (QED) is 0.919. The van der Waals surface area contributed by atoms with Gasteiger partial charge in [-0.05, 0) is 24.7 Å². The van der Waals surface area contributed by atoms with E-state index >= 15 is 0 Å². The molecule has 1 aliphatic carbocycles. The minimum Gasteiger partial charge on any atom is -0.333 e. The van der Waals surface area contributed by atoms with Crippen molar-refractivity contribution in [2.24, 2.45) is 5.41 Å². The van der Waals surface area contributed by atoms with Crippen LogP contribution in [0, 0.1) is 5.41 Å². The van der Waals surface area contributed by atoms with Crippen LogP contribution in [0.2, 0.25) is 0 Å². The number of amides is 2. The summed E-state index contributed by atoms with van der Waals surface area (Å²) in [6, 6.07) is 0. The molecule has 0 saturated carbocycles. The average Bonchev–Trinajstić information content (AvgIpc) is 2.82.